The second-order valence-electron chi connectivity index (χ2n) is 4.14. The van der Waals surface area contributed by atoms with Crippen LogP contribution in [0.25, 0.3) is 0 Å². The number of benzene rings is 2. The molecule has 0 heterocycles. The summed E-state index contributed by atoms with van der Waals surface area (Å²) >= 11 is 0. The number of amides is 1. The average Bonchev–Trinajstić information content (AvgIpc) is 2.53. The molecular formula is C16H16N2O2. The Bertz CT molecular complexity index is 580. The SMILES string of the molecule is CO/N=C(/CNC(=O)c1ccccc1)c1ccccc1. The molecule has 0 atom stereocenters. The molecule has 0 radical (unpaired) electrons. The molecule has 0 aliphatic heterocycles. The summed E-state index contributed by atoms with van der Waals surface area (Å²) in [6, 6.07) is 18.7. The minimum atomic E-state index is -0.134. The van der Waals surface area contributed by atoms with Crippen LogP contribution in [0.5, 0.6) is 0 Å². The van der Waals surface area contributed by atoms with Crippen molar-refractivity contribution in [2.45, 2.75) is 0 Å². The molecule has 1 amide bonds. The number of carbonyl (C=O) groups excluding carboxylic acids is 1. The van der Waals surface area contributed by atoms with Gasteiger partial charge in [0.05, 0.1) is 6.54 Å². The summed E-state index contributed by atoms with van der Waals surface area (Å²) in [6.45, 7) is 0.311. The van der Waals surface area contributed by atoms with Crippen molar-refractivity contribution in [1.82, 2.24) is 5.32 Å². The van der Waals surface area contributed by atoms with Crippen LogP contribution < -0.4 is 5.32 Å². The van der Waals surface area contributed by atoms with E-state index in [4.69, 9.17) is 4.84 Å². The van der Waals surface area contributed by atoms with Crippen LogP contribution in [0.2, 0.25) is 0 Å². The second-order valence-corrected chi connectivity index (χ2v) is 4.14. The standard InChI is InChI=1S/C16H16N2O2/c1-20-18-15(13-8-4-2-5-9-13)12-17-16(19)14-10-6-3-7-11-14/h2-11H,12H2,1H3,(H,17,19)/b18-15-. The zero-order chi connectivity index (χ0) is 14.2. The van der Waals surface area contributed by atoms with Crippen LogP contribution in [0.15, 0.2) is 65.8 Å². The van der Waals surface area contributed by atoms with Gasteiger partial charge in [-0.25, -0.2) is 0 Å². The largest absolute Gasteiger partial charge is 0.399 e. The summed E-state index contributed by atoms with van der Waals surface area (Å²) in [5, 5.41) is 6.79. The number of carbonyl (C=O) groups is 1. The highest BCUT2D eigenvalue weighted by atomic mass is 16.6. The fourth-order valence-electron chi connectivity index (χ4n) is 1.78. The van der Waals surface area contributed by atoms with E-state index < -0.39 is 0 Å². The molecule has 0 unspecified atom stereocenters. The molecule has 0 saturated heterocycles. The molecule has 1 N–H and O–H groups in total. The third-order valence-corrected chi connectivity index (χ3v) is 2.76. The van der Waals surface area contributed by atoms with Crippen molar-refractivity contribution in [2.75, 3.05) is 13.7 Å². The van der Waals surface area contributed by atoms with Crippen molar-refractivity contribution >= 4 is 11.6 Å². The highest BCUT2D eigenvalue weighted by Crippen LogP contribution is 2.02. The van der Waals surface area contributed by atoms with Gasteiger partial charge in [-0.3, -0.25) is 4.79 Å². The summed E-state index contributed by atoms with van der Waals surface area (Å²) in [7, 11) is 1.49. The summed E-state index contributed by atoms with van der Waals surface area (Å²) in [5.74, 6) is -0.134. The van der Waals surface area contributed by atoms with Gasteiger partial charge in [-0.15, -0.1) is 0 Å². The molecule has 4 heteroatoms. The van der Waals surface area contributed by atoms with E-state index in [0.29, 0.717) is 17.8 Å². The number of nitrogens with one attached hydrogen (secondary N) is 1. The van der Waals surface area contributed by atoms with Crippen LogP contribution in [-0.4, -0.2) is 25.3 Å². The molecule has 0 saturated carbocycles. The molecule has 2 aromatic carbocycles. The van der Waals surface area contributed by atoms with Crippen LogP contribution in [0.4, 0.5) is 0 Å². The molecule has 4 nitrogen and oxygen atoms in total. The maximum atomic E-state index is 12.0. The molecule has 2 rings (SSSR count). The summed E-state index contributed by atoms with van der Waals surface area (Å²) < 4.78 is 0. The van der Waals surface area contributed by atoms with Crippen molar-refractivity contribution in [2.24, 2.45) is 5.16 Å². The quantitative estimate of drug-likeness (QED) is 0.669. The smallest absolute Gasteiger partial charge is 0.251 e. The minimum absolute atomic E-state index is 0.134. The van der Waals surface area contributed by atoms with E-state index in [1.54, 1.807) is 12.1 Å². The van der Waals surface area contributed by atoms with E-state index >= 15 is 0 Å². The number of nitrogens with zero attached hydrogens (tertiary/aromatic N) is 1. The molecule has 20 heavy (non-hydrogen) atoms. The lowest BCUT2D eigenvalue weighted by atomic mass is 10.1. The van der Waals surface area contributed by atoms with Gasteiger partial charge in [-0.05, 0) is 12.1 Å². The zero-order valence-corrected chi connectivity index (χ0v) is 11.2. The maximum absolute atomic E-state index is 12.0. The highest BCUT2D eigenvalue weighted by Gasteiger charge is 2.08. The van der Waals surface area contributed by atoms with E-state index in [2.05, 4.69) is 10.5 Å². The topological polar surface area (TPSA) is 50.7 Å². The van der Waals surface area contributed by atoms with E-state index in [1.807, 2.05) is 48.5 Å². The molecule has 0 fully saturated rings. The van der Waals surface area contributed by atoms with Gasteiger partial charge in [0.1, 0.15) is 12.8 Å². The Balaban J connectivity index is 2.04. The first-order chi connectivity index (χ1) is 9.81. The fraction of sp³-hybridized carbons (Fsp3) is 0.125. The first kappa shape index (κ1) is 13.8. The summed E-state index contributed by atoms with van der Waals surface area (Å²) in [5.41, 5.74) is 2.22. The molecule has 102 valence electrons. The van der Waals surface area contributed by atoms with Gasteiger partial charge >= 0.3 is 0 Å². The number of hydrogen-bond acceptors (Lipinski definition) is 3. The van der Waals surface area contributed by atoms with E-state index in [9.17, 15) is 4.79 Å². The van der Waals surface area contributed by atoms with Crippen molar-refractivity contribution in [3.63, 3.8) is 0 Å². The Morgan fingerprint density at radius 3 is 2.10 bits per heavy atom. The maximum Gasteiger partial charge on any atom is 0.251 e. The van der Waals surface area contributed by atoms with E-state index in [-0.39, 0.29) is 5.91 Å². The molecule has 0 aliphatic rings. The third-order valence-electron chi connectivity index (χ3n) is 2.76. The molecular weight excluding hydrogens is 252 g/mol. The van der Waals surface area contributed by atoms with Gasteiger partial charge in [0.15, 0.2) is 0 Å². The molecule has 0 bridgehead atoms. The van der Waals surface area contributed by atoms with Crippen molar-refractivity contribution < 1.29 is 9.63 Å². The predicted octanol–water partition coefficient (Wildman–Crippen LogP) is 2.47. The van der Waals surface area contributed by atoms with E-state index in [1.165, 1.54) is 7.11 Å². The van der Waals surface area contributed by atoms with Gasteiger partial charge in [0.25, 0.3) is 5.91 Å². The third kappa shape index (κ3) is 3.68. The van der Waals surface area contributed by atoms with Gasteiger partial charge in [-0.2, -0.15) is 0 Å². The lowest BCUT2D eigenvalue weighted by Crippen LogP contribution is -2.30. The van der Waals surface area contributed by atoms with E-state index in [0.717, 1.165) is 5.56 Å². The lowest BCUT2D eigenvalue weighted by molar-refractivity contribution is 0.0959. The van der Waals surface area contributed by atoms with Gasteiger partial charge in [0, 0.05) is 11.1 Å². The number of hydrogen-bond donors (Lipinski definition) is 1. The van der Waals surface area contributed by atoms with Gasteiger partial charge in [0.2, 0.25) is 0 Å². The molecule has 0 aliphatic carbocycles. The monoisotopic (exact) mass is 268 g/mol. The van der Waals surface area contributed by atoms with Gasteiger partial charge in [-0.1, -0.05) is 53.7 Å². The van der Waals surface area contributed by atoms with Crippen LogP contribution in [-0.2, 0) is 4.84 Å². The van der Waals surface area contributed by atoms with Crippen LogP contribution in [0, 0.1) is 0 Å². The average molecular weight is 268 g/mol. The van der Waals surface area contributed by atoms with Crippen LogP contribution >= 0.6 is 0 Å². The van der Waals surface area contributed by atoms with Gasteiger partial charge < -0.3 is 10.2 Å². The molecule has 2 aromatic rings. The Kier molecular flexibility index (Phi) is 4.89. The van der Waals surface area contributed by atoms with Crippen molar-refractivity contribution in [1.29, 1.82) is 0 Å². The lowest BCUT2D eigenvalue weighted by Gasteiger charge is -2.08. The first-order valence-corrected chi connectivity index (χ1v) is 6.30. The molecule has 0 aromatic heterocycles. The first-order valence-electron chi connectivity index (χ1n) is 6.30. The second kappa shape index (κ2) is 7.09. The predicted molar refractivity (Wildman–Crippen MR) is 78.8 cm³/mol. The molecule has 0 spiro atoms. The Morgan fingerprint density at radius 2 is 1.55 bits per heavy atom. The Labute approximate surface area is 118 Å². The van der Waals surface area contributed by atoms with Crippen LogP contribution in [0.1, 0.15) is 15.9 Å². The van der Waals surface area contributed by atoms with Crippen LogP contribution in [0.3, 0.4) is 0 Å². The summed E-state index contributed by atoms with van der Waals surface area (Å²) in [6.07, 6.45) is 0. The Hall–Kier alpha value is -2.62. The minimum Gasteiger partial charge on any atom is -0.399 e. The Morgan fingerprint density at radius 1 is 1.00 bits per heavy atom. The van der Waals surface area contributed by atoms with Crippen molar-refractivity contribution in [3.05, 3.63) is 71.8 Å². The van der Waals surface area contributed by atoms with Crippen molar-refractivity contribution in [3.8, 4) is 0 Å². The fourth-order valence-corrected chi connectivity index (χ4v) is 1.78. The summed E-state index contributed by atoms with van der Waals surface area (Å²) in [4.78, 5) is 16.8. The zero-order valence-electron chi connectivity index (χ0n) is 11.2. The highest BCUT2D eigenvalue weighted by molar-refractivity contribution is 6.04. The number of oxime groups is 1. The number of rotatable bonds is 5. The normalized spacial score (nSPS) is 10.9.